The van der Waals surface area contributed by atoms with E-state index in [4.69, 9.17) is 0 Å². The maximum Gasteiger partial charge on any atom is 0.337 e. The number of aromatic carboxylic acids is 1. The fourth-order valence-corrected chi connectivity index (χ4v) is 2.99. The molecular formula is C16H21N5O2. The first kappa shape index (κ1) is 15.5. The number of carboxylic acids is 1. The lowest BCUT2D eigenvalue weighted by molar-refractivity contribution is 0.0698. The number of anilines is 2. The Labute approximate surface area is 134 Å². The van der Waals surface area contributed by atoms with Gasteiger partial charge < -0.3 is 15.7 Å². The number of hydrogen-bond acceptors (Lipinski definition) is 5. The lowest BCUT2D eigenvalue weighted by atomic mass is 10.1. The Bertz CT molecular complexity index is 690. The maximum absolute atomic E-state index is 11.3. The summed E-state index contributed by atoms with van der Waals surface area (Å²) in [7, 11) is 0. The number of hydrogen-bond donors (Lipinski definition) is 3. The van der Waals surface area contributed by atoms with Crippen molar-refractivity contribution < 1.29 is 9.90 Å². The van der Waals surface area contributed by atoms with Gasteiger partial charge in [-0.1, -0.05) is 0 Å². The number of carboxylic acid groups (broad SMARTS) is 1. The van der Waals surface area contributed by atoms with Crippen LogP contribution in [-0.2, 0) is 0 Å². The second-order valence-corrected chi connectivity index (χ2v) is 5.77. The fraction of sp³-hybridized carbons (Fsp3) is 0.438. The SMILES string of the molecule is Cc1c(Nc2cnccc2C(=O)O)cnn1C1CCCNCC1. The summed E-state index contributed by atoms with van der Waals surface area (Å²) in [4.78, 5) is 15.3. The molecule has 0 radical (unpaired) electrons. The van der Waals surface area contributed by atoms with Crippen LogP contribution in [-0.4, -0.2) is 38.9 Å². The molecule has 3 rings (SSSR count). The molecule has 1 aliphatic rings. The van der Waals surface area contributed by atoms with Crippen LogP contribution in [0.5, 0.6) is 0 Å². The van der Waals surface area contributed by atoms with Gasteiger partial charge >= 0.3 is 5.97 Å². The summed E-state index contributed by atoms with van der Waals surface area (Å²) in [6, 6.07) is 1.87. The predicted octanol–water partition coefficient (Wildman–Crippen LogP) is 2.34. The van der Waals surface area contributed by atoms with Crippen molar-refractivity contribution in [2.45, 2.75) is 32.2 Å². The molecule has 0 spiro atoms. The van der Waals surface area contributed by atoms with Crippen molar-refractivity contribution in [2.24, 2.45) is 0 Å². The van der Waals surface area contributed by atoms with Gasteiger partial charge in [0.2, 0.25) is 0 Å². The third kappa shape index (κ3) is 3.34. The molecule has 3 N–H and O–H groups in total. The van der Waals surface area contributed by atoms with Crippen molar-refractivity contribution in [2.75, 3.05) is 18.4 Å². The van der Waals surface area contributed by atoms with E-state index in [-0.39, 0.29) is 5.56 Å². The Morgan fingerprint density at radius 2 is 2.22 bits per heavy atom. The van der Waals surface area contributed by atoms with Crippen LogP contribution < -0.4 is 10.6 Å². The molecule has 0 amide bonds. The van der Waals surface area contributed by atoms with Crippen molar-refractivity contribution in [1.82, 2.24) is 20.1 Å². The molecule has 1 unspecified atom stereocenters. The predicted molar refractivity (Wildman–Crippen MR) is 87.2 cm³/mol. The minimum absolute atomic E-state index is 0.200. The van der Waals surface area contributed by atoms with Crippen LogP contribution in [0.2, 0.25) is 0 Å². The molecule has 0 aliphatic carbocycles. The smallest absolute Gasteiger partial charge is 0.337 e. The third-order valence-corrected chi connectivity index (χ3v) is 4.26. The third-order valence-electron chi connectivity index (χ3n) is 4.26. The highest BCUT2D eigenvalue weighted by Crippen LogP contribution is 2.27. The van der Waals surface area contributed by atoms with Gasteiger partial charge in [-0.25, -0.2) is 4.79 Å². The Hall–Kier alpha value is -2.41. The van der Waals surface area contributed by atoms with Crippen molar-refractivity contribution in [1.29, 1.82) is 0 Å². The fourth-order valence-electron chi connectivity index (χ4n) is 2.99. The van der Waals surface area contributed by atoms with Gasteiger partial charge in [0.25, 0.3) is 0 Å². The highest BCUT2D eigenvalue weighted by atomic mass is 16.4. The van der Waals surface area contributed by atoms with Crippen LogP contribution in [0.25, 0.3) is 0 Å². The molecular weight excluding hydrogens is 294 g/mol. The zero-order valence-corrected chi connectivity index (χ0v) is 13.1. The van der Waals surface area contributed by atoms with E-state index < -0.39 is 5.97 Å². The van der Waals surface area contributed by atoms with Gasteiger partial charge in [0.05, 0.1) is 41.1 Å². The van der Waals surface area contributed by atoms with E-state index in [2.05, 4.69) is 20.7 Å². The highest BCUT2D eigenvalue weighted by Gasteiger charge is 2.19. The summed E-state index contributed by atoms with van der Waals surface area (Å²) in [5.74, 6) is -0.977. The van der Waals surface area contributed by atoms with Gasteiger partial charge in [0.1, 0.15) is 0 Å². The number of rotatable bonds is 4. The van der Waals surface area contributed by atoms with Crippen LogP contribution >= 0.6 is 0 Å². The van der Waals surface area contributed by atoms with Gasteiger partial charge in [-0.3, -0.25) is 9.67 Å². The first-order chi connectivity index (χ1) is 11.2. The molecule has 0 aromatic carbocycles. The average molecular weight is 315 g/mol. The molecule has 7 heteroatoms. The monoisotopic (exact) mass is 315 g/mol. The largest absolute Gasteiger partial charge is 0.478 e. The molecule has 122 valence electrons. The van der Waals surface area contributed by atoms with Crippen LogP contribution in [0.15, 0.2) is 24.7 Å². The Kier molecular flexibility index (Phi) is 4.57. The average Bonchev–Trinajstić information content (AvgIpc) is 2.77. The number of nitrogens with zero attached hydrogens (tertiary/aromatic N) is 3. The number of nitrogens with one attached hydrogen (secondary N) is 2. The lowest BCUT2D eigenvalue weighted by Crippen LogP contribution is -2.16. The van der Waals surface area contributed by atoms with E-state index in [9.17, 15) is 9.90 Å². The van der Waals surface area contributed by atoms with Crippen LogP contribution in [0.1, 0.15) is 41.4 Å². The standard InChI is InChI=1S/C16H21N5O2/c1-11-14(20-15-9-18-8-5-13(15)16(22)23)10-19-21(11)12-3-2-6-17-7-4-12/h5,8-10,12,17,20H,2-4,6-7H2,1H3,(H,22,23). The number of pyridine rings is 1. The summed E-state index contributed by atoms with van der Waals surface area (Å²) in [6.07, 6.45) is 8.04. The minimum atomic E-state index is -0.977. The molecule has 3 heterocycles. The molecule has 7 nitrogen and oxygen atoms in total. The second-order valence-electron chi connectivity index (χ2n) is 5.77. The molecule has 1 saturated heterocycles. The topological polar surface area (TPSA) is 92.1 Å². The summed E-state index contributed by atoms with van der Waals surface area (Å²) < 4.78 is 2.05. The molecule has 0 bridgehead atoms. The Balaban J connectivity index is 1.84. The number of carbonyl (C=O) groups is 1. The van der Waals surface area contributed by atoms with E-state index in [0.29, 0.717) is 11.7 Å². The zero-order valence-electron chi connectivity index (χ0n) is 13.1. The molecule has 1 fully saturated rings. The van der Waals surface area contributed by atoms with Crippen molar-refractivity contribution in [3.63, 3.8) is 0 Å². The number of aromatic nitrogens is 3. The Morgan fingerprint density at radius 1 is 1.35 bits per heavy atom. The quantitative estimate of drug-likeness (QED) is 0.802. The van der Waals surface area contributed by atoms with Gasteiger partial charge in [0, 0.05) is 6.20 Å². The first-order valence-corrected chi connectivity index (χ1v) is 7.86. The van der Waals surface area contributed by atoms with Crippen molar-refractivity contribution >= 4 is 17.3 Å². The van der Waals surface area contributed by atoms with Crippen LogP contribution in [0, 0.1) is 6.92 Å². The molecule has 23 heavy (non-hydrogen) atoms. The van der Waals surface area contributed by atoms with E-state index >= 15 is 0 Å². The lowest BCUT2D eigenvalue weighted by Gasteiger charge is -2.17. The minimum Gasteiger partial charge on any atom is -0.478 e. The van der Waals surface area contributed by atoms with Gasteiger partial charge in [-0.15, -0.1) is 0 Å². The van der Waals surface area contributed by atoms with Gasteiger partial charge in [-0.05, 0) is 45.3 Å². The van der Waals surface area contributed by atoms with E-state index in [1.54, 1.807) is 6.20 Å². The van der Waals surface area contributed by atoms with Crippen LogP contribution in [0.4, 0.5) is 11.4 Å². The van der Waals surface area contributed by atoms with Crippen LogP contribution in [0.3, 0.4) is 0 Å². The maximum atomic E-state index is 11.3. The molecule has 1 aliphatic heterocycles. The summed E-state index contributed by atoms with van der Waals surface area (Å²) in [5, 5.41) is 20.3. The normalized spacial score (nSPS) is 18.4. The summed E-state index contributed by atoms with van der Waals surface area (Å²) >= 11 is 0. The molecule has 2 aromatic rings. The van der Waals surface area contributed by atoms with Crippen molar-refractivity contribution in [3.8, 4) is 0 Å². The van der Waals surface area contributed by atoms with E-state index in [1.165, 1.54) is 18.5 Å². The molecule has 1 atom stereocenters. The summed E-state index contributed by atoms with van der Waals surface area (Å²) in [6.45, 7) is 4.06. The van der Waals surface area contributed by atoms with Crippen molar-refractivity contribution in [3.05, 3.63) is 35.9 Å². The first-order valence-electron chi connectivity index (χ1n) is 7.86. The second kappa shape index (κ2) is 6.78. The van der Waals surface area contributed by atoms with Gasteiger partial charge in [-0.2, -0.15) is 5.10 Å². The molecule has 2 aromatic heterocycles. The van der Waals surface area contributed by atoms with Gasteiger partial charge in [0.15, 0.2) is 0 Å². The highest BCUT2D eigenvalue weighted by molar-refractivity contribution is 5.94. The molecule has 0 saturated carbocycles. The summed E-state index contributed by atoms with van der Waals surface area (Å²) in [5.41, 5.74) is 2.51. The Morgan fingerprint density at radius 3 is 3.04 bits per heavy atom. The van der Waals surface area contributed by atoms with E-state index in [1.807, 2.05) is 11.6 Å². The zero-order chi connectivity index (χ0) is 16.2. The van der Waals surface area contributed by atoms with E-state index in [0.717, 1.165) is 43.7 Å².